The van der Waals surface area contributed by atoms with E-state index in [1.807, 2.05) is 13.2 Å². The molecule has 0 saturated carbocycles. The summed E-state index contributed by atoms with van der Waals surface area (Å²) in [5.74, 6) is 0.0584. The molecular weight excluding hydrogens is 372 g/mol. The smallest absolute Gasteiger partial charge is 0.265 e. The summed E-state index contributed by atoms with van der Waals surface area (Å²) >= 11 is 1.46. The zero-order valence-electron chi connectivity index (χ0n) is 17.1. The van der Waals surface area contributed by atoms with Crippen LogP contribution in [-0.2, 0) is 11.3 Å². The van der Waals surface area contributed by atoms with Crippen LogP contribution in [0.3, 0.4) is 0 Å². The maximum absolute atomic E-state index is 12.8. The van der Waals surface area contributed by atoms with Crippen LogP contribution in [0.25, 0.3) is 16.0 Å². The van der Waals surface area contributed by atoms with Crippen LogP contribution in [0.1, 0.15) is 36.0 Å². The third kappa shape index (κ3) is 4.06. The Bertz CT molecular complexity index is 995. The average molecular weight is 401 g/mol. The second-order valence-corrected chi connectivity index (χ2v) is 9.80. The number of benzene rings is 1. The lowest BCUT2D eigenvalue weighted by Crippen LogP contribution is -2.35. The molecule has 3 heterocycles. The number of imidazole rings is 1. The summed E-state index contributed by atoms with van der Waals surface area (Å²) in [6.45, 7) is 11.6. The minimum atomic E-state index is 0.0584. The predicted octanol–water partition coefficient (Wildman–Crippen LogP) is 3.50. The summed E-state index contributed by atoms with van der Waals surface area (Å²) in [7, 11) is 1.87. The molecule has 1 aliphatic rings. The minimum absolute atomic E-state index is 0.0584. The van der Waals surface area contributed by atoms with Crippen molar-refractivity contribution in [2.75, 3.05) is 39.9 Å². The lowest BCUT2D eigenvalue weighted by atomic mass is 9.96. The highest BCUT2D eigenvalue weighted by Gasteiger charge is 2.22. The van der Waals surface area contributed by atoms with Gasteiger partial charge in [0.05, 0.1) is 24.2 Å². The third-order valence-corrected chi connectivity index (χ3v) is 5.92. The van der Waals surface area contributed by atoms with Gasteiger partial charge in [-0.15, -0.1) is 0 Å². The summed E-state index contributed by atoms with van der Waals surface area (Å²) in [6.07, 6.45) is 1.94. The molecule has 0 aliphatic carbocycles. The summed E-state index contributed by atoms with van der Waals surface area (Å²) in [5.41, 5.74) is 3.37. The van der Waals surface area contributed by atoms with Crippen molar-refractivity contribution in [3.63, 3.8) is 0 Å². The number of morpholine rings is 1. The van der Waals surface area contributed by atoms with Crippen LogP contribution in [0.2, 0.25) is 0 Å². The molecule has 0 spiro atoms. The van der Waals surface area contributed by atoms with Gasteiger partial charge in [-0.05, 0) is 23.1 Å². The fourth-order valence-corrected chi connectivity index (χ4v) is 4.73. The summed E-state index contributed by atoms with van der Waals surface area (Å²) in [6, 6.07) is 6.43. The van der Waals surface area contributed by atoms with Crippen LogP contribution in [0.15, 0.2) is 24.4 Å². The van der Waals surface area contributed by atoms with Crippen molar-refractivity contribution < 1.29 is 9.53 Å². The number of fused-ring (bicyclic) bond motifs is 3. The Labute approximate surface area is 169 Å². The van der Waals surface area contributed by atoms with Gasteiger partial charge in [-0.1, -0.05) is 38.2 Å². The first-order valence-corrected chi connectivity index (χ1v) is 10.6. The van der Waals surface area contributed by atoms with E-state index < -0.39 is 0 Å². The van der Waals surface area contributed by atoms with Crippen LogP contribution in [0.4, 0.5) is 0 Å². The lowest BCUT2D eigenvalue weighted by molar-refractivity contribution is 0.0342. The molecule has 0 radical (unpaired) electrons. The molecule has 0 unspecified atom stereocenters. The lowest BCUT2D eigenvalue weighted by Gasteiger charge is -2.26. The van der Waals surface area contributed by atoms with Crippen LogP contribution < -0.4 is 0 Å². The van der Waals surface area contributed by atoms with Gasteiger partial charge >= 0.3 is 0 Å². The van der Waals surface area contributed by atoms with Gasteiger partial charge in [-0.25, -0.2) is 4.98 Å². The Morgan fingerprint density at radius 3 is 2.75 bits per heavy atom. The molecule has 4 rings (SSSR count). The van der Waals surface area contributed by atoms with E-state index in [1.54, 1.807) is 4.90 Å². The quantitative estimate of drug-likeness (QED) is 0.673. The van der Waals surface area contributed by atoms with E-state index in [2.05, 4.69) is 48.3 Å². The first-order chi connectivity index (χ1) is 13.3. The van der Waals surface area contributed by atoms with Crippen molar-refractivity contribution in [3.8, 4) is 0 Å². The minimum Gasteiger partial charge on any atom is -0.379 e. The number of aromatic nitrogens is 2. The normalized spacial score (nSPS) is 16.1. The number of hydrogen-bond donors (Lipinski definition) is 0. The van der Waals surface area contributed by atoms with Crippen molar-refractivity contribution in [2.24, 2.45) is 5.41 Å². The number of thiazole rings is 1. The van der Waals surface area contributed by atoms with Gasteiger partial charge in [0, 0.05) is 39.4 Å². The molecule has 0 bridgehead atoms. The average Bonchev–Trinajstić information content (AvgIpc) is 3.18. The molecule has 7 heteroatoms. The van der Waals surface area contributed by atoms with Crippen LogP contribution in [0, 0.1) is 5.41 Å². The molecule has 6 nitrogen and oxygen atoms in total. The molecule has 1 amide bonds. The van der Waals surface area contributed by atoms with E-state index in [4.69, 9.17) is 9.72 Å². The number of carbonyl (C=O) groups is 1. The van der Waals surface area contributed by atoms with E-state index in [9.17, 15) is 4.79 Å². The zero-order valence-corrected chi connectivity index (χ0v) is 17.9. The maximum atomic E-state index is 12.8. The number of rotatable bonds is 4. The number of hydrogen-bond acceptors (Lipinski definition) is 5. The van der Waals surface area contributed by atoms with Gasteiger partial charge in [0.2, 0.25) is 0 Å². The van der Waals surface area contributed by atoms with Crippen LogP contribution in [-0.4, -0.2) is 65.0 Å². The van der Waals surface area contributed by atoms with Gasteiger partial charge in [0.25, 0.3) is 5.91 Å². The summed E-state index contributed by atoms with van der Waals surface area (Å²) in [5, 5.41) is 0. The Morgan fingerprint density at radius 2 is 2.04 bits per heavy atom. The first-order valence-electron chi connectivity index (χ1n) is 9.76. The van der Waals surface area contributed by atoms with Gasteiger partial charge < -0.3 is 9.64 Å². The van der Waals surface area contributed by atoms with E-state index in [-0.39, 0.29) is 11.3 Å². The maximum Gasteiger partial charge on any atom is 0.265 e. The molecule has 0 atom stereocenters. The van der Waals surface area contributed by atoms with Crippen LogP contribution in [0.5, 0.6) is 0 Å². The van der Waals surface area contributed by atoms with E-state index in [1.165, 1.54) is 16.9 Å². The largest absolute Gasteiger partial charge is 0.379 e. The molecule has 3 aromatic rings. The highest BCUT2D eigenvalue weighted by Crippen LogP contribution is 2.26. The molecule has 1 aliphatic heterocycles. The van der Waals surface area contributed by atoms with Gasteiger partial charge in [-0.3, -0.25) is 14.1 Å². The highest BCUT2D eigenvalue weighted by atomic mass is 32.1. The van der Waals surface area contributed by atoms with Gasteiger partial charge in [0.1, 0.15) is 4.88 Å². The Morgan fingerprint density at radius 1 is 1.29 bits per heavy atom. The second-order valence-electron chi connectivity index (χ2n) is 8.79. The fourth-order valence-electron chi connectivity index (χ4n) is 3.74. The van der Waals surface area contributed by atoms with Crippen LogP contribution >= 0.6 is 11.3 Å². The SMILES string of the molecule is CN(CC(C)(C)C)C(=O)c1cn2c(nc3ccc(CN4CCOCC4)cc32)s1. The Hall–Kier alpha value is -1.96. The molecule has 0 N–H and O–H groups in total. The molecule has 1 fully saturated rings. The van der Waals surface area contributed by atoms with Crippen molar-refractivity contribution >= 4 is 33.2 Å². The molecule has 2 aromatic heterocycles. The molecule has 1 saturated heterocycles. The molecule has 1 aromatic carbocycles. The zero-order chi connectivity index (χ0) is 19.9. The van der Waals surface area contributed by atoms with E-state index in [0.717, 1.165) is 60.3 Å². The molecule has 28 heavy (non-hydrogen) atoms. The first kappa shape index (κ1) is 19.4. The monoisotopic (exact) mass is 400 g/mol. The van der Waals surface area contributed by atoms with E-state index >= 15 is 0 Å². The summed E-state index contributed by atoms with van der Waals surface area (Å²) in [4.78, 5) is 23.4. The van der Waals surface area contributed by atoms with Gasteiger partial charge in [-0.2, -0.15) is 0 Å². The second kappa shape index (κ2) is 7.46. The molecule has 150 valence electrons. The Balaban J connectivity index is 1.60. The number of nitrogens with zero attached hydrogens (tertiary/aromatic N) is 4. The van der Waals surface area contributed by atoms with E-state index in [0.29, 0.717) is 0 Å². The van der Waals surface area contributed by atoms with Crippen molar-refractivity contribution in [3.05, 3.63) is 34.8 Å². The number of carbonyl (C=O) groups excluding carboxylic acids is 1. The van der Waals surface area contributed by atoms with Crippen molar-refractivity contribution in [1.29, 1.82) is 0 Å². The molecular formula is C21H28N4O2S. The Kier molecular flexibility index (Phi) is 5.16. The predicted molar refractivity (Wildman–Crippen MR) is 113 cm³/mol. The van der Waals surface area contributed by atoms with Crippen molar-refractivity contribution in [1.82, 2.24) is 19.2 Å². The van der Waals surface area contributed by atoms with Gasteiger partial charge in [0.15, 0.2) is 4.96 Å². The number of ether oxygens (including phenoxy) is 1. The standard InChI is InChI=1S/C21H28N4O2S/c1-21(2,3)14-23(4)19(26)18-13-25-17-11-15(12-24-7-9-27-10-8-24)5-6-16(17)22-20(25)28-18/h5-6,11,13H,7-10,12,14H2,1-4H3. The van der Waals surface area contributed by atoms with Crippen molar-refractivity contribution in [2.45, 2.75) is 27.3 Å². The summed E-state index contributed by atoms with van der Waals surface area (Å²) < 4.78 is 7.49. The topological polar surface area (TPSA) is 50.1 Å². The fraction of sp³-hybridized carbons (Fsp3) is 0.524. The highest BCUT2D eigenvalue weighted by molar-refractivity contribution is 7.18. The third-order valence-electron chi connectivity index (χ3n) is 4.95. The number of amides is 1.